The maximum absolute atomic E-state index is 12.8. The minimum atomic E-state index is -5.21. The van der Waals surface area contributed by atoms with E-state index in [1.165, 1.54) is 141 Å². The first-order valence-electron chi connectivity index (χ1n) is 24.0. The predicted molar refractivity (Wildman–Crippen MR) is 236 cm³/mol. The number of aliphatic hydroxyl groups is 1. The van der Waals surface area contributed by atoms with Gasteiger partial charge in [-0.2, -0.15) is 0 Å². The number of ether oxygens (including phenoxy) is 4. The number of carbonyl (C=O) groups excluding carboxylic acids is 3. The predicted octanol–water partition coefficient (Wildman–Crippen LogP) is 11.3. The molecule has 0 rings (SSSR count). The number of carboxylic acids is 1. The Morgan fingerprint density at radius 3 is 1.17 bits per heavy atom. The van der Waals surface area contributed by atoms with Gasteiger partial charge in [0.1, 0.15) is 12.7 Å². The van der Waals surface area contributed by atoms with Crippen molar-refractivity contribution in [3.63, 3.8) is 0 Å². The summed E-state index contributed by atoms with van der Waals surface area (Å²) in [5.74, 6) is -5.78. The van der Waals surface area contributed by atoms with Gasteiger partial charge in [-0.15, -0.1) is 0 Å². The zero-order valence-electron chi connectivity index (χ0n) is 37.8. The SMILES string of the molecule is CCCCCCCCCCCCCCCCCC(=O)OC[C@H](COC(CO)C(OC(=O)CCC(=O)O)P(=O)(O)O)OC(=O)CCCCCCCCCCCCCCCCC. The van der Waals surface area contributed by atoms with Crippen molar-refractivity contribution < 1.29 is 62.7 Å². The van der Waals surface area contributed by atoms with Gasteiger partial charge in [0.25, 0.3) is 0 Å². The van der Waals surface area contributed by atoms with E-state index in [9.17, 15) is 38.6 Å². The fourth-order valence-electron chi connectivity index (χ4n) is 7.12. The van der Waals surface area contributed by atoms with E-state index in [0.717, 1.165) is 38.5 Å². The molecule has 3 atom stereocenters. The number of rotatable bonds is 45. The fourth-order valence-corrected chi connectivity index (χ4v) is 7.99. The van der Waals surface area contributed by atoms with Crippen LogP contribution in [0, 0.1) is 0 Å². The molecule has 0 aliphatic rings. The summed E-state index contributed by atoms with van der Waals surface area (Å²) in [6, 6.07) is 0. The average molecular weight is 879 g/mol. The van der Waals surface area contributed by atoms with Crippen molar-refractivity contribution >= 4 is 31.5 Å². The highest BCUT2D eigenvalue weighted by molar-refractivity contribution is 7.52. The summed E-state index contributed by atoms with van der Waals surface area (Å²) in [5.41, 5.74) is 0. The van der Waals surface area contributed by atoms with Gasteiger partial charge in [-0.1, -0.05) is 194 Å². The third-order valence-corrected chi connectivity index (χ3v) is 11.9. The Labute approximate surface area is 363 Å². The first-order chi connectivity index (χ1) is 28.9. The normalized spacial score (nSPS) is 13.2. The molecule has 0 aromatic heterocycles. The zero-order chi connectivity index (χ0) is 44.5. The van der Waals surface area contributed by atoms with Crippen LogP contribution in [0.5, 0.6) is 0 Å². The average Bonchev–Trinajstić information content (AvgIpc) is 3.21. The largest absolute Gasteiger partial charge is 0.481 e. The van der Waals surface area contributed by atoms with Gasteiger partial charge >= 0.3 is 31.5 Å². The molecule has 354 valence electrons. The lowest BCUT2D eigenvalue weighted by Gasteiger charge is -2.28. The molecular weight excluding hydrogens is 791 g/mol. The van der Waals surface area contributed by atoms with E-state index in [1.54, 1.807) is 0 Å². The molecule has 0 aliphatic heterocycles. The molecule has 0 saturated carbocycles. The molecular formula is C46H87O13P. The van der Waals surface area contributed by atoms with Gasteiger partial charge in [0.2, 0.25) is 5.85 Å². The Balaban J connectivity index is 4.78. The van der Waals surface area contributed by atoms with Crippen LogP contribution >= 0.6 is 7.60 Å². The molecule has 4 N–H and O–H groups in total. The standard InChI is InChI=1S/C46H87O13P/c1-3-5-7-9-11-13-15-17-19-21-23-25-27-29-31-33-43(50)57-39-40(38-56-41(37-47)46(60(53,54)55)59-45(52)36-35-42(48)49)58-44(51)34-32-30-28-26-24-22-20-18-16-14-12-10-8-6-4-2/h40-41,46-47H,3-39H2,1-2H3,(H,48,49)(H2,53,54,55)/t40-,41?,46?/m0/s1. The molecule has 0 bridgehead atoms. The first kappa shape index (κ1) is 58.0. The van der Waals surface area contributed by atoms with Crippen LogP contribution in [0.25, 0.3) is 0 Å². The molecule has 0 aromatic carbocycles. The first-order valence-corrected chi connectivity index (χ1v) is 25.7. The molecule has 13 nitrogen and oxygen atoms in total. The Morgan fingerprint density at radius 1 is 0.467 bits per heavy atom. The van der Waals surface area contributed by atoms with Crippen molar-refractivity contribution in [1.82, 2.24) is 0 Å². The van der Waals surface area contributed by atoms with Crippen molar-refractivity contribution in [3.05, 3.63) is 0 Å². The van der Waals surface area contributed by atoms with Crippen LogP contribution in [0.1, 0.15) is 232 Å². The van der Waals surface area contributed by atoms with Gasteiger partial charge in [0.15, 0.2) is 6.10 Å². The molecule has 60 heavy (non-hydrogen) atoms. The Hall–Kier alpha value is -2.05. The van der Waals surface area contributed by atoms with E-state index in [1.807, 2.05) is 0 Å². The molecule has 0 aromatic rings. The van der Waals surface area contributed by atoms with Crippen LogP contribution in [0.2, 0.25) is 0 Å². The molecule has 0 saturated heterocycles. The third kappa shape index (κ3) is 37.7. The monoisotopic (exact) mass is 879 g/mol. The second-order valence-electron chi connectivity index (χ2n) is 16.6. The van der Waals surface area contributed by atoms with E-state index in [2.05, 4.69) is 13.8 Å². The second kappa shape index (κ2) is 41.0. The van der Waals surface area contributed by atoms with Crippen molar-refractivity contribution in [2.24, 2.45) is 0 Å². The summed E-state index contributed by atoms with van der Waals surface area (Å²) in [6.45, 7) is 2.59. The highest BCUT2D eigenvalue weighted by Crippen LogP contribution is 2.44. The van der Waals surface area contributed by atoms with Crippen LogP contribution in [0.15, 0.2) is 0 Å². The van der Waals surface area contributed by atoms with Gasteiger partial charge in [0.05, 0.1) is 26.1 Å². The van der Waals surface area contributed by atoms with Crippen LogP contribution in [0.3, 0.4) is 0 Å². The van der Waals surface area contributed by atoms with E-state index < -0.39 is 75.6 Å². The maximum Gasteiger partial charge on any atom is 0.368 e. The number of aliphatic carboxylic acids is 1. The quantitative estimate of drug-likeness (QED) is 0.0195. The van der Waals surface area contributed by atoms with E-state index in [0.29, 0.717) is 12.8 Å². The third-order valence-electron chi connectivity index (χ3n) is 10.8. The lowest BCUT2D eigenvalue weighted by atomic mass is 10.0. The minimum Gasteiger partial charge on any atom is -0.481 e. The van der Waals surface area contributed by atoms with Gasteiger partial charge in [0, 0.05) is 12.8 Å². The van der Waals surface area contributed by atoms with Crippen LogP contribution < -0.4 is 0 Å². The van der Waals surface area contributed by atoms with Crippen molar-refractivity contribution in [3.8, 4) is 0 Å². The zero-order valence-corrected chi connectivity index (χ0v) is 38.7. The number of hydrogen-bond acceptors (Lipinski definition) is 10. The highest BCUT2D eigenvalue weighted by atomic mass is 31.2. The molecule has 0 aliphatic carbocycles. The van der Waals surface area contributed by atoms with E-state index in [-0.39, 0.29) is 19.4 Å². The van der Waals surface area contributed by atoms with Crippen molar-refractivity contribution in [2.75, 3.05) is 19.8 Å². The summed E-state index contributed by atoms with van der Waals surface area (Å²) < 4.78 is 33.5. The van der Waals surface area contributed by atoms with Crippen LogP contribution in [-0.2, 0) is 42.7 Å². The van der Waals surface area contributed by atoms with Crippen LogP contribution in [-0.4, -0.2) is 81.8 Å². The number of carboxylic acid groups (broad SMARTS) is 1. The summed E-state index contributed by atoms with van der Waals surface area (Å²) >= 11 is 0. The molecule has 0 spiro atoms. The fraction of sp³-hybridized carbons (Fsp3) is 0.913. The summed E-state index contributed by atoms with van der Waals surface area (Å²) in [7, 11) is -5.21. The highest BCUT2D eigenvalue weighted by Gasteiger charge is 2.41. The van der Waals surface area contributed by atoms with E-state index in [4.69, 9.17) is 24.1 Å². The maximum atomic E-state index is 12.8. The van der Waals surface area contributed by atoms with Crippen molar-refractivity contribution in [2.45, 2.75) is 250 Å². The van der Waals surface area contributed by atoms with E-state index >= 15 is 0 Å². The van der Waals surface area contributed by atoms with Gasteiger partial charge < -0.3 is 38.9 Å². The number of carbonyl (C=O) groups is 4. The molecule has 0 fully saturated rings. The molecule has 14 heteroatoms. The van der Waals surface area contributed by atoms with Gasteiger partial charge in [-0.25, -0.2) is 0 Å². The number of unbranched alkanes of at least 4 members (excludes halogenated alkanes) is 28. The number of hydrogen-bond donors (Lipinski definition) is 4. The molecule has 2 unspecified atom stereocenters. The van der Waals surface area contributed by atoms with Gasteiger partial charge in [-0.05, 0) is 12.8 Å². The topological polar surface area (TPSA) is 203 Å². The second-order valence-corrected chi connectivity index (χ2v) is 18.3. The van der Waals surface area contributed by atoms with Gasteiger partial charge in [-0.3, -0.25) is 23.7 Å². The Bertz CT molecular complexity index is 1100. The Kier molecular flexibility index (Phi) is 39.6. The van der Waals surface area contributed by atoms with Crippen LogP contribution in [0.4, 0.5) is 0 Å². The Morgan fingerprint density at radius 2 is 0.817 bits per heavy atom. The lowest BCUT2D eigenvalue weighted by Crippen LogP contribution is -2.40. The summed E-state index contributed by atoms with van der Waals surface area (Å²) in [5, 5.41) is 18.8. The van der Waals surface area contributed by atoms with Crippen molar-refractivity contribution in [1.29, 1.82) is 0 Å². The minimum absolute atomic E-state index is 0.123. The molecule has 0 radical (unpaired) electrons. The smallest absolute Gasteiger partial charge is 0.368 e. The lowest BCUT2D eigenvalue weighted by molar-refractivity contribution is -0.169. The number of esters is 3. The summed E-state index contributed by atoms with van der Waals surface area (Å²) in [4.78, 5) is 68.1. The molecule has 0 amide bonds. The molecule has 0 heterocycles. The summed E-state index contributed by atoms with van der Waals surface area (Å²) in [6.07, 6.45) is 32.0. The number of aliphatic hydroxyl groups excluding tert-OH is 1.